The van der Waals surface area contributed by atoms with Crippen molar-refractivity contribution in [1.29, 1.82) is 0 Å². The number of pyridine rings is 1. The van der Waals surface area contributed by atoms with Gasteiger partial charge < -0.3 is 19.5 Å². The summed E-state index contributed by atoms with van der Waals surface area (Å²) in [5, 5.41) is 4.26. The van der Waals surface area contributed by atoms with Gasteiger partial charge in [-0.2, -0.15) is 0 Å². The molecule has 0 aromatic carbocycles. The number of rotatable bonds is 3. The van der Waals surface area contributed by atoms with Gasteiger partial charge in [-0.1, -0.05) is 0 Å². The lowest BCUT2D eigenvalue weighted by Crippen LogP contribution is -2.62. The van der Waals surface area contributed by atoms with Gasteiger partial charge >= 0.3 is 0 Å². The maximum Gasteiger partial charge on any atom is 0.270 e. The summed E-state index contributed by atoms with van der Waals surface area (Å²) in [6, 6.07) is 2.51. The van der Waals surface area contributed by atoms with E-state index in [1.54, 1.807) is 12.5 Å². The van der Waals surface area contributed by atoms with E-state index in [2.05, 4.69) is 39.0 Å². The van der Waals surface area contributed by atoms with Crippen molar-refractivity contribution in [2.75, 3.05) is 51.2 Å². The molecule has 1 N–H and O–H groups in total. The van der Waals surface area contributed by atoms with Crippen LogP contribution < -0.4 is 10.2 Å². The van der Waals surface area contributed by atoms with Crippen molar-refractivity contribution < 1.29 is 9.21 Å². The van der Waals surface area contributed by atoms with Crippen LogP contribution in [0.5, 0.6) is 0 Å². The maximum atomic E-state index is 13.0. The van der Waals surface area contributed by atoms with Crippen molar-refractivity contribution in [1.82, 2.24) is 20.1 Å². The summed E-state index contributed by atoms with van der Waals surface area (Å²) in [5.41, 5.74) is 2.28. The Morgan fingerprint density at radius 2 is 1.93 bits per heavy atom. The Hall–Kier alpha value is -2.12. The molecule has 4 aliphatic rings. The van der Waals surface area contributed by atoms with E-state index in [-0.39, 0.29) is 11.9 Å². The molecular weight excluding hydrogens is 354 g/mol. The predicted octanol–water partition coefficient (Wildman–Crippen LogP) is 1.79. The first kappa shape index (κ1) is 17.9. The summed E-state index contributed by atoms with van der Waals surface area (Å²) < 4.78 is 5.71. The largest absolute Gasteiger partial charge is 0.460 e. The van der Waals surface area contributed by atoms with Gasteiger partial charge in [-0.05, 0) is 51.9 Å². The lowest BCUT2D eigenvalue weighted by atomic mass is 9.79. The number of amides is 1. The molecule has 28 heavy (non-hydrogen) atoms. The number of nitrogens with one attached hydrogen (secondary N) is 1. The molecule has 4 saturated heterocycles. The van der Waals surface area contributed by atoms with Crippen LogP contribution in [-0.4, -0.2) is 79.1 Å². The number of piperazine rings is 1. The van der Waals surface area contributed by atoms with Crippen LogP contribution in [0.3, 0.4) is 0 Å². The third-order valence-electron chi connectivity index (χ3n) is 6.99. The predicted molar refractivity (Wildman–Crippen MR) is 109 cm³/mol. The van der Waals surface area contributed by atoms with Crippen LogP contribution in [0.1, 0.15) is 30.3 Å². The van der Waals surface area contributed by atoms with Gasteiger partial charge in [-0.3, -0.25) is 9.69 Å². The van der Waals surface area contributed by atoms with E-state index < -0.39 is 0 Å². The summed E-state index contributed by atoms with van der Waals surface area (Å²) in [5.74, 6) is 0.514. The zero-order chi connectivity index (χ0) is 19.3. The van der Waals surface area contributed by atoms with Gasteiger partial charge in [0.2, 0.25) is 0 Å². The first-order valence-electron chi connectivity index (χ1n) is 10.5. The minimum absolute atomic E-state index is 0.0713. The Labute approximate surface area is 165 Å². The fraction of sp³-hybridized carbons (Fsp3) is 0.619. The maximum absolute atomic E-state index is 13.0. The Kier molecular flexibility index (Phi) is 4.51. The molecule has 0 aliphatic carbocycles. The topological polar surface area (TPSA) is 64.9 Å². The van der Waals surface area contributed by atoms with E-state index in [1.165, 1.54) is 12.8 Å². The van der Waals surface area contributed by atoms with E-state index in [4.69, 9.17) is 4.42 Å². The molecule has 2 aromatic rings. The first-order chi connectivity index (χ1) is 13.6. The molecule has 4 aliphatic heterocycles. The minimum Gasteiger partial charge on any atom is -0.460 e. The highest BCUT2D eigenvalue weighted by Crippen LogP contribution is 2.33. The van der Waals surface area contributed by atoms with Crippen LogP contribution in [0.25, 0.3) is 11.0 Å². The molecule has 7 heteroatoms. The molecule has 7 nitrogen and oxygen atoms in total. The van der Waals surface area contributed by atoms with Crippen molar-refractivity contribution in [2.24, 2.45) is 5.92 Å². The number of hydrogen-bond acceptors (Lipinski definition) is 6. The monoisotopic (exact) mass is 383 g/mol. The van der Waals surface area contributed by atoms with Crippen LogP contribution in [0.2, 0.25) is 0 Å². The number of likely N-dealkylation sites (N-methyl/N-ethyl adjacent to an activating group) is 1. The second kappa shape index (κ2) is 7.04. The smallest absolute Gasteiger partial charge is 0.270 e. The van der Waals surface area contributed by atoms with Gasteiger partial charge in [0.25, 0.3) is 5.91 Å². The van der Waals surface area contributed by atoms with Gasteiger partial charge in [0.15, 0.2) is 5.58 Å². The van der Waals surface area contributed by atoms with E-state index in [0.717, 1.165) is 55.9 Å². The third kappa shape index (κ3) is 3.06. The van der Waals surface area contributed by atoms with Crippen molar-refractivity contribution in [3.8, 4) is 0 Å². The molecule has 0 radical (unpaired) electrons. The quantitative estimate of drug-likeness (QED) is 0.872. The average molecular weight is 383 g/mol. The van der Waals surface area contributed by atoms with Gasteiger partial charge in [-0.25, -0.2) is 4.98 Å². The van der Waals surface area contributed by atoms with Crippen molar-refractivity contribution in [3.05, 3.63) is 24.2 Å². The molecule has 6 rings (SSSR count). The highest BCUT2D eigenvalue weighted by atomic mass is 16.3. The lowest BCUT2D eigenvalue weighted by Gasteiger charge is -2.49. The van der Waals surface area contributed by atoms with Gasteiger partial charge in [0, 0.05) is 43.6 Å². The molecule has 2 atom stereocenters. The fourth-order valence-electron chi connectivity index (χ4n) is 5.11. The van der Waals surface area contributed by atoms with Crippen LogP contribution in [-0.2, 0) is 0 Å². The molecule has 2 unspecified atom stereocenters. The van der Waals surface area contributed by atoms with Gasteiger partial charge in [0.1, 0.15) is 12.0 Å². The third-order valence-corrected chi connectivity index (χ3v) is 6.99. The van der Waals surface area contributed by atoms with Crippen molar-refractivity contribution in [3.63, 3.8) is 0 Å². The summed E-state index contributed by atoms with van der Waals surface area (Å²) in [4.78, 5) is 24.5. The number of piperidine rings is 3. The zero-order valence-corrected chi connectivity index (χ0v) is 16.7. The number of nitrogens with zero attached hydrogens (tertiary/aromatic N) is 4. The van der Waals surface area contributed by atoms with E-state index >= 15 is 0 Å². The standard InChI is InChI=1S/C21H29N5O2/c1-14-20(15-3-5-25(14)6-4-15)23-21(27)17-11-16-18(13-28-19(16)12-22-17)26-9-7-24(2)8-10-26/h11-15,20H,3-10H2,1-2H3,(H,23,27). The van der Waals surface area contributed by atoms with Crippen LogP contribution in [0.4, 0.5) is 5.69 Å². The molecule has 2 bridgehead atoms. The van der Waals surface area contributed by atoms with Crippen molar-refractivity contribution in [2.45, 2.75) is 31.8 Å². The Morgan fingerprint density at radius 1 is 1.18 bits per heavy atom. The molecule has 150 valence electrons. The number of carbonyl (C=O) groups is 1. The van der Waals surface area contributed by atoms with E-state index in [0.29, 0.717) is 17.7 Å². The molecule has 6 heterocycles. The number of furan rings is 1. The lowest BCUT2D eigenvalue weighted by molar-refractivity contribution is 0.0216. The molecule has 0 saturated carbocycles. The molecule has 4 fully saturated rings. The summed E-state index contributed by atoms with van der Waals surface area (Å²) in [7, 11) is 2.15. The SMILES string of the molecule is CC1C(NC(=O)c2cc3c(N4CCN(C)CC4)coc3cn2)C2CCN1CC2. The van der Waals surface area contributed by atoms with Crippen LogP contribution in [0, 0.1) is 5.92 Å². The zero-order valence-electron chi connectivity index (χ0n) is 16.7. The van der Waals surface area contributed by atoms with Crippen LogP contribution in [0.15, 0.2) is 22.9 Å². The summed E-state index contributed by atoms with van der Waals surface area (Å²) >= 11 is 0. The normalized spacial score (nSPS) is 30.7. The van der Waals surface area contributed by atoms with Gasteiger partial charge in [0.05, 0.1) is 11.9 Å². The van der Waals surface area contributed by atoms with E-state index in [1.807, 2.05) is 6.07 Å². The number of anilines is 1. The number of fused-ring (bicyclic) bond motifs is 4. The minimum atomic E-state index is -0.0713. The number of hydrogen-bond donors (Lipinski definition) is 1. The van der Waals surface area contributed by atoms with Crippen LogP contribution >= 0.6 is 0 Å². The average Bonchev–Trinajstić information content (AvgIpc) is 3.15. The Morgan fingerprint density at radius 3 is 2.64 bits per heavy atom. The summed E-state index contributed by atoms with van der Waals surface area (Å²) in [6.45, 7) is 8.54. The first-order valence-corrected chi connectivity index (χ1v) is 10.5. The van der Waals surface area contributed by atoms with E-state index in [9.17, 15) is 4.79 Å². The second-order valence-electron chi connectivity index (χ2n) is 8.59. The molecule has 1 amide bonds. The van der Waals surface area contributed by atoms with Gasteiger partial charge in [-0.15, -0.1) is 0 Å². The molecular formula is C21H29N5O2. The highest BCUT2D eigenvalue weighted by molar-refractivity contribution is 5.99. The van der Waals surface area contributed by atoms with Crippen molar-refractivity contribution >= 4 is 22.6 Å². The summed E-state index contributed by atoms with van der Waals surface area (Å²) in [6.07, 6.45) is 5.84. The second-order valence-corrected chi connectivity index (χ2v) is 8.59. The highest BCUT2D eigenvalue weighted by Gasteiger charge is 2.40. The molecule has 0 spiro atoms. The fourth-order valence-corrected chi connectivity index (χ4v) is 5.11. The Balaban J connectivity index is 1.37. The Bertz CT molecular complexity index is 863. The number of carbonyl (C=O) groups excluding carboxylic acids is 1. The molecule has 2 aromatic heterocycles. The number of aromatic nitrogens is 1.